The fraction of sp³-hybridized carbons (Fsp3) is 0.467. The molecule has 0 atom stereocenters. The van der Waals surface area contributed by atoms with Crippen LogP contribution in [0, 0.1) is 18.8 Å². The zero-order valence-electron chi connectivity index (χ0n) is 12.6. The first-order valence-corrected chi connectivity index (χ1v) is 7.62. The Hall–Kier alpha value is -1.84. The number of hydrogen-bond donors (Lipinski definition) is 3. The zero-order valence-corrected chi connectivity index (χ0v) is 13.4. The summed E-state index contributed by atoms with van der Waals surface area (Å²) in [4.78, 5) is 24.9. The molecule has 0 bridgehead atoms. The maximum atomic E-state index is 12.0. The first kappa shape index (κ1) is 17.2. The van der Waals surface area contributed by atoms with E-state index in [2.05, 4.69) is 22.5 Å². The lowest BCUT2D eigenvalue weighted by Gasteiger charge is -2.08. The summed E-state index contributed by atoms with van der Waals surface area (Å²) in [6.07, 6.45) is 0.272. The van der Waals surface area contributed by atoms with Crippen molar-refractivity contribution in [2.24, 2.45) is 5.73 Å². The number of thiophene rings is 1. The molecule has 0 unspecified atom stereocenters. The van der Waals surface area contributed by atoms with Crippen LogP contribution in [0.15, 0.2) is 6.07 Å². The fourth-order valence-corrected chi connectivity index (χ4v) is 2.58. The van der Waals surface area contributed by atoms with Crippen molar-refractivity contribution in [3.05, 3.63) is 21.4 Å². The molecule has 6 heteroatoms. The van der Waals surface area contributed by atoms with Gasteiger partial charge in [0.05, 0.1) is 16.3 Å². The maximum Gasteiger partial charge on any atom is 0.261 e. The minimum Gasteiger partial charge on any atom is -0.354 e. The lowest BCUT2D eigenvalue weighted by atomic mass is 10.2. The van der Waals surface area contributed by atoms with Gasteiger partial charge in [-0.15, -0.1) is 11.3 Å². The number of rotatable bonds is 5. The highest BCUT2D eigenvalue weighted by Crippen LogP contribution is 2.20. The van der Waals surface area contributed by atoms with Gasteiger partial charge in [-0.25, -0.2) is 0 Å². The molecule has 0 spiro atoms. The third-order valence-electron chi connectivity index (χ3n) is 2.53. The van der Waals surface area contributed by atoms with Crippen molar-refractivity contribution in [1.82, 2.24) is 10.6 Å². The number of nitrogens with two attached hydrogens (primary N) is 1. The summed E-state index contributed by atoms with van der Waals surface area (Å²) in [6, 6.07) is 1.91. The monoisotopic (exact) mass is 307 g/mol. The molecular weight excluding hydrogens is 286 g/mol. The van der Waals surface area contributed by atoms with Crippen molar-refractivity contribution in [2.45, 2.75) is 33.2 Å². The molecule has 1 aromatic heterocycles. The smallest absolute Gasteiger partial charge is 0.261 e. The summed E-state index contributed by atoms with van der Waals surface area (Å²) in [6.45, 7) is 6.31. The summed E-state index contributed by atoms with van der Waals surface area (Å²) in [5.41, 5.74) is 6.30. The van der Waals surface area contributed by atoms with Crippen molar-refractivity contribution in [2.75, 3.05) is 13.1 Å². The highest BCUT2D eigenvalue weighted by atomic mass is 32.1. The molecule has 0 fully saturated rings. The third kappa shape index (κ3) is 5.98. The van der Waals surface area contributed by atoms with Crippen LogP contribution in [0.1, 0.15) is 40.4 Å². The predicted molar refractivity (Wildman–Crippen MR) is 85.2 cm³/mol. The molecule has 21 heavy (non-hydrogen) atoms. The van der Waals surface area contributed by atoms with Crippen molar-refractivity contribution < 1.29 is 9.59 Å². The molecule has 114 valence electrons. The van der Waals surface area contributed by atoms with Gasteiger partial charge in [-0.3, -0.25) is 9.59 Å². The van der Waals surface area contributed by atoms with E-state index < -0.39 is 0 Å². The summed E-state index contributed by atoms with van der Waals surface area (Å²) in [7, 11) is 0. The lowest BCUT2D eigenvalue weighted by molar-refractivity contribution is -0.121. The van der Waals surface area contributed by atoms with Gasteiger partial charge < -0.3 is 16.4 Å². The van der Waals surface area contributed by atoms with E-state index in [9.17, 15) is 9.59 Å². The van der Waals surface area contributed by atoms with Crippen LogP contribution in [0.4, 0.5) is 0 Å². The van der Waals surface area contributed by atoms with Crippen molar-refractivity contribution in [3.63, 3.8) is 0 Å². The average molecular weight is 307 g/mol. The quantitative estimate of drug-likeness (QED) is 0.710. The Labute approximate surface area is 129 Å². The summed E-state index contributed by atoms with van der Waals surface area (Å²) in [5, 5.41) is 5.51. The Bertz CT molecular complexity index is 567. The van der Waals surface area contributed by atoms with Crippen LogP contribution in [0.3, 0.4) is 0 Å². The Morgan fingerprint density at radius 3 is 2.76 bits per heavy atom. The highest BCUT2D eigenvalue weighted by molar-refractivity contribution is 7.14. The molecule has 1 aromatic rings. The number of aryl methyl sites for hydroxylation is 1. The zero-order chi connectivity index (χ0) is 15.8. The molecule has 0 saturated heterocycles. The SMILES string of the molecule is Cc1cc(C(=O)NCCC(=O)NC(C)C)sc1C#CCN. The van der Waals surface area contributed by atoms with Gasteiger partial charge in [0.25, 0.3) is 5.91 Å². The molecule has 5 nitrogen and oxygen atoms in total. The summed E-state index contributed by atoms with van der Waals surface area (Å²) >= 11 is 1.34. The average Bonchev–Trinajstić information content (AvgIpc) is 2.77. The number of hydrogen-bond acceptors (Lipinski definition) is 4. The Kier molecular flexibility index (Phi) is 6.92. The number of nitrogens with one attached hydrogen (secondary N) is 2. The largest absolute Gasteiger partial charge is 0.354 e. The van der Waals surface area contributed by atoms with Gasteiger partial charge in [-0.05, 0) is 32.4 Å². The first-order valence-electron chi connectivity index (χ1n) is 6.81. The van der Waals surface area contributed by atoms with E-state index in [1.807, 2.05) is 20.8 Å². The van der Waals surface area contributed by atoms with Crippen LogP contribution in [-0.4, -0.2) is 30.9 Å². The molecule has 1 rings (SSSR count). The van der Waals surface area contributed by atoms with Gasteiger partial charge in [0, 0.05) is 19.0 Å². The minimum atomic E-state index is -0.179. The number of carbonyl (C=O) groups is 2. The molecule has 0 aliphatic rings. The standard InChI is InChI=1S/C15H21N3O2S/c1-10(2)18-14(19)6-8-17-15(20)13-9-11(3)12(21-13)5-4-7-16/h9-10H,6-8,16H2,1-3H3,(H,17,20)(H,18,19). The van der Waals surface area contributed by atoms with Crippen molar-refractivity contribution in [1.29, 1.82) is 0 Å². The lowest BCUT2D eigenvalue weighted by Crippen LogP contribution is -2.33. The van der Waals surface area contributed by atoms with E-state index in [-0.39, 0.29) is 24.3 Å². The van der Waals surface area contributed by atoms with Crippen LogP contribution in [-0.2, 0) is 4.79 Å². The maximum absolute atomic E-state index is 12.0. The van der Waals surface area contributed by atoms with Crippen LogP contribution < -0.4 is 16.4 Å². The second-order valence-corrected chi connectivity index (χ2v) is 5.91. The summed E-state index contributed by atoms with van der Waals surface area (Å²) < 4.78 is 0. The predicted octanol–water partition coefficient (Wildman–Crippen LogP) is 1.01. The van der Waals surface area contributed by atoms with E-state index in [0.29, 0.717) is 18.0 Å². The van der Waals surface area contributed by atoms with Gasteiger partial charge in [0.1, 0.15) is 0 Å². The molecular formula is C15H21N3O2S. The molecule has 0 aromatic carbocycles. The second kappa shape index (κ2) is 8.45. The topological polar surface area (TPSA) is 84.2 Å². The van der Waals surface area contributed by atoms with Crippen LogP contribution >= 0.6 is 11.3 Å². The van der Waals surface area contributed by atoms with Crippen LogP contribution in [0.5, 0.6) is 0 Å². The molecule has 4 N–H and O–H groups in total. The van der Waals surface area contributed by atoms with E-state index in [4.69, 9.17) is 5.73 Å². The van der Waals surface area contributed by atoms with Gasteiger partial charge >= 0.3 is 0 Å². The second-order valence-electron chi connectivity index (χ2n) is 4.86. The number of carbonyl (C=O) groups excluding carboxylic acids is 2. The van der Waals surface area contributed by atoms with E-state index >= 15 is 0 Å². The van der Waals surface area contributed by atoms with Crippen molar-refractivity contribution >= 4 is 23.2 Å². The third-order valence-corrected chi connectivity index (χ3v) is 3.68. The van der Waals surface area contributed by atoms with Gasteiger partial charge in [-0.1, -0.05) is 11.8 Å². The Morgan fingerprint density at radius 1 is 1.43 bits per heavy atom. The molecule has 0 radical (unpaired) electrons. The number of amides is 2. The molecule has 0 aliphatic heterocycles. The normalized spacial score (nSPS) is 9.95. The van der Waals surface area contributed by atoms with Gasteiger partial charge in [0.2, 0.25) is 5.91 Å². The first-order chi connectivity index (χ1) is 9.93. The fourth-order valence-electron chi connectivity index (χ4n) is 1.62. The highest BCUT2D eigenvalue weighted by Gasteiger charge is 2.12. The van der Waals surface area contributed by atoms with E-state index in [0.717, 1.165) is 10.4 Å². The van der Waals surface area contributed by atoms with Gasteiger partial charge in [-0.2, -0.15) is 0 Å². The Balaban J connectivity index is 2.51. The van der Waals surface area contributed by atoms with Gasteiger partial charge in [0.15, 0.2) is 0 Å². The van der Waals surface area contributed by atoms with Crippen molar-refractivity contribution in [3.8, 4) is 11.8 Å². The molecule has 0 saturated carbocycles. The van der Waals surface area contributed by atoms with E-state index in [1.165, 1.54) is 11.3 Å². The Morgan fingerprint density at radius 2 is 2.14 bits per heavy atom. The molecule has 1 heterocycles. The minimum absolute atomic E-state index is 0.0674. The molecule has 2 amide bonds. The summed E-state index contributed by atoms with van der Waals surface area (Å²) in [5.74, 6) is 5.47. The van der Waals surface area contributed by atoms with Crippen LogP contribution in [0.2, 0.25) is 0 Å². The van der Waals surface area contributed by atoms with E-state index in [1.54, 1.807) is 6.07 Å². The molecule has 0 aliphatic carbocycles. The van der Waals surface area contributed by atoms with Crippen LogP contribution in [0.25, 0.3) is 0 Å².